The molecular formula is C10H16ClNO2S. The van der Waals surface area contributed by atoms with Gasteiger partial charge in [0.15, 0.2) is 9.84 Å². The van der Waals surface area contributed by atoms with Crippen molar-refractivity contribution in [2.45, 2.75) is 24.3 Å². The third-order valence-electron chi connectivity index (χ3n) is 1.91. The molecule has 2 N–H and O–H groups in total. The Morgan fingerprint density at radius 1 is 1.27 bits per heavy atom. The molecular weight excluding hydrogens is 234 g/mol. The van der Waals surface area contributed by atoms with E-state index in [0.29, 0.717) is 4.90 Å². The maximum Gasteiger partial charge on any atom is 0.175 e. The zero-order chi connectivity index (χ0) is 10.8. The second-order valence-electron chi connectivity index (χ2n) is 3.60. The van der Waals surface area contributed by atoms with Crippen LogP contribution in [0, 0.1) is 0 Å². The molecule has 0 heterocycles. The lowest BCUT2D eigenvalue weighted by Crippen LogP contribution is -2.17. The predicted molar refractivity (Wildman–Crippen MR) is 64.2 cm³/mol. The highest BCUT2D eigenvalue weighted by Gasteiger charge is 2.06. The summed E-state index contributed by atoms with van der Waals surface area (Å²) < 4.78 is 22.3. The van der Waals surface area contributed by atoms with Crippen LogP contribution in [0.5, 0.6) is 0 Å². The van der Waals surface area contributed by atoms with Gasteiger partial charge in [0.1, 0.15) is 0 Å². The molecule has 0 aromatic heterocycles. The second-order valence-corrected chi connectivity index (χ2v) is 5.61. The minimum atomic E-state index is -3.08. The molecule has 0 aliphatic carbocycles. The number of sulfone groups is 1. The van der Waals surface area contributed by atoms with Crippen molar-refractivity contribution in [3.8, 4) is 0 Å². The van der Waals surface area contributed by atoms with Crippen molar-refractivity contribution in [1.29, 1.82) is 0 Å². The van der Waals surface area contributed by atoms with E-state index in [0.717, 1.165) is 12.0 Å². The molecule has 0 amide bonds. The topological polar surface area (TPSA) is 60.2 Å². The van der Waals surface area contributed by atoms with Crippen molar-refractivity contribution < 1.29 is 8.42 Å². The van der Waals surface area contributed by atoms with Gasteiger partial charge in [-0.25, -0.2) is 8.42 Å². The van der Waals surface area contributed by atoms with E-state index < -0.39 is 9.84 Å². The summed E-state index contributed by atoms with van der Waals surface area (Å²) in [7, 11) is -3.08. The van der Waals surface area contributed by atoms with E-state index in [1.165, 1.54) is 6.26 Å². The van der Waals surface area contributed by atoms with Crippen molar-refractivity contribution in [1.82, 2.24) is 0 Å². The Bertz CT molecular complexity index is 398. The largest absolute Gasteiger partial charge is 0.328 e. The molecule has 1 atom stereocenters. The molecule has 15 heavy (non-hydrogen) atoms. The van der Waals surface area contributed by atoms with Crippen molar-refractivity contribution in [2.75, 3.05) is 6.26 Å². The molecule has 1 aromatic rings. The van der Waals surface area contributed by atoms with Gasteiger partial charge in [0.2, 0.25) is 0 Å². The van der Waals surface area contributed by atoms with Gasteiger partial charge in [0.25, 0.3) is 0 Å². The maximum atomic E-state index is 11.1. The van der Waals surface area contributed by atoms with Crippen LogP contribution in [-0.4, -0.2) is 20.7 Å². The quantitative estimate of drug-likeness (QED) is 0.881. The Labute approximate surface area is 97.0 Å². The van der Waals surface area contributed by atoms with Crippen LogP contribution in [0.15, 0.2) is 29.2 Å². The molecule has 0 bridgehead atoms. The van der Waals surface area contributed by atoms with Crippen LogP contribution in [0.2, 0.25) is 0 Å². The molecule has 0 aliphatic heterocycles. The maximum absolute atomic E-state index is 11.1. The van der Waals surface area contributed by atoms with Gasteiger partial charge in [-0.2, -0.15) is 0 Å². The average Bonchev–Trinajstić information content (AvgIpc) is 2.02. The number of hydrogen-bond donors (Lipinski definition) is 1. The summed E-state index contributed by atoms with van der Waals surface area (Å²) in [6.07, 6.45) is 1.97. The highest BCUT2D eigenvalue weighted by atomic mass is 35.5. The summed E-state index contributed by atoms with van der Waals surface area (Å²) in [6, 6.07) is 6.94. The van der Waals surface area contributed by atoms with Gasteiger partial charge in [0, 0.05) is 12.3 Å². The summed E-state index contributed by atoms with van der Waals surface area (Å²) in [5.74, 6) is 0. The fourth-order valence-electron chi connectivity index (χ4n) is 1.24. The minimum absolute atomic E-state index is 0. The summed E-state index contributed by atoms with van der Waals surface area (Å²) >= 11 is 0. The molecule has 3 nitrogen and oxygen atoms in total. The van der Waals surface area contributed by atoms with Gasteiger partial charge in [-0.05, 0) is 31.0 Å². The molecule has 0 aliphatic rings. The first kappa shape index (κ1) is 14.4. The molecule has 86 valence electrons. The molecule has 0 fully saturated rings. The highest BCUT2D eigenvalue weighted by molar-refractivity contribution is 7.90. The van der Waals surface area contributed by atoms with Crippen molar-refractivity contribution in [2.24, 2.45) is 5.73 Å². The van der Waals surface area contributed by atoms with E-state index in [2.05, 4.69) is 0 Å². The Kier molecular flexibility index (Phi) is 5.28. The summed E-state index contributed by atoms with van der Waals surface area (Å²) in [6.45, 7) is 1.92. The zero-order valence-corrected chi connectivity index (χ0v) is 10.4. The van der Waals surface area contributed by atoms with Crippen LogP contribution in [0.3, 0.4) is 0 Å². The van der Waals surface area contributed by atoms with Crippen LogP contribution >= 0.6 is 12.4 Å². The standard InChI is InChI=1S/C10H15NO2S.ClH/c1-8(11)7-9-3-5-10(6-4-9)14(2,12)13;/h3-6,8H,7,11H2,1-2H3;1H/t8-;/m0./s1. The van der Waals surface area contributed by atoms with Crippen molar-refractivity contribution in [3.05, 3.63) is 29.8 Å². The van der Waals surface area contributed by atoms with E-state index in [1.54, 1.807) is 24.3 Å². The first-order valence-corrected chi connectivity index (χ1v) is 6.33. The monoisotopic (exact) mass is 249 g/mol. The fourth-order valence-corrected chi connectivity index (χ4v) is 1.87. The molecule has 0 saturated heterocycles. The first-order chi connectivity index (χ1) is 6.39. The number of rotatable bonds is 3. The van der Waals surface area contributed by atoms with Gasteiger partial charge in [0.05, 0.1) is 4.90 Å². The molecule has 1 aromatic carbocycles. The van der Waals surface area contributed by atoms with Crippen LogP contribution < -0.4 is 5.73 Å². The van der Waals surface area contributed by atoms with Gasteiger partial charge in [-0.15, -0.1) is 12.4 Å². The SMILES string of the molecule is C[C@H](N)Cc1ccc(S(C)(=O)=O)cc1.Cl. The van der Waals surface area contributed by atoms with Crippen LogP contribution in [-0.2, 0) is 16.3 Å². The van der Waals surface area contributed by atoms with E-state index >= 15 is 0 Å². The predicted octanol–water partition coefficient (Wildman–Crippen LogP) is 1.40. The van der Waals surface area contributed by atoms with Crippen molar-refractivity contribution in [3.63, 3.8) is 0 Å². The molecule has 0 unspecified atom stereocenters. The third kappa shape index (κ3) is 4.64. The van der Waals surface area contributed by atoms with E-state index in [9.17, 15) is 8.42 Å². The van der Waals surface area contributed by atoms with E-state index in [1.807, 2.05) is 6.92 Å². The number of nitrogens with two attached hydrogens (primary N) is 1. The summed E-state index contributed by atoms with van der Waals surface area (Å²) in [5.41, 5.74) is 6.69. The second kappa shape index (κ2) is 5.49. The molecule has 0 radical (unpaired) electrons. The number of benzene rings is 1. The molecule has 0 saturated carbocycles. The highest BCUT2D eigenvalue weighted by Crippen LogP contribution is 2.11. The van der Waals surface area contributed by atoms with Crippen LogP contribution in [0.1, 0.15) is 12.5 Å². The zero-order valence-electron chi connectivity index (χ0n) is 8.80. The average molecular weight is 250 g/mol. The normalized spacial score (nSPS) is 13.0. The van der Waals surface area contributed by atoms with Gasteiger partial charge >= 0.3 is 0 Å². The van der Waals surface area contributed by atoms with Gasteiger partial charge in [-0.3, -0.25) is 0 Å². The first-order valence-electron chi connectivity index (χ1n) is 4.44. The van der Waals surface area contributed by atoms with Crippen molar-refractivity contribution >= 4 is 22.2 Å². The smallest absolute Gasteiger partial charge is 0.175 e. The Morgan fingerprint density at radius 3 is 2.07 bits per heavy atom. The van der Waals surface area contributed by atoms with Crippen LogP contribution in [0.25, 0.3) is 0 Å². The molecule has 1 rings (SSSR count). The molecule has 0 spiro atoms. The van der Waals surface area contributed by atoms with E-state index in [-0.39, 0.29) is 18.4 Å². The number of halogens is 1. The Morgan fingerprint density at radius 2 is 1.73 bits per heavy atom. The Hall–Kier alpha value is -0.580. The number of hydrogen-bond acceptors (Lipinski definition) is 3. The molecule has 5 heteroatoms. The van der Waals surface area contributed by atoms with Gasteiger partial charge in [-0.1, -0.05) is 12.1 Å². The van der Waals surface area contributed by atoms with E-state index in [4.69, 9.17) is 5.73 Å². The lowest BCUT2D eigenvalue weighted by atomic mass is 10.1. The lowest BCUT2D eigenvalue weighted by molar-refractivity contribution is 0.602. The lowest BCUT2D eigenvalue weighted by Gasteiger charge is -2.05. The Balaban J connectivity index is 0.00000196. The fraction of sp³-hybridized carbons (Fsp3) is 0.400. The van der Waals surface area contributed by atoms with Gasteiger partial charge < -0.3 is 5.73 Å². The third-order valence-corrected chi connectivity index (χ3v) is 3.04. The van der Waals surface area contributed by atoms with Crippen LogP contribution in [0.4, 0.5) is 0 Å². The minimum Gasteiger partial charge on any atom is -0.328 e. The summed E-state index contributed by atoms with van der Waals surface area (Å²) in [5, 5.41) is 0. The summed E-state index contributed by atoms with van der Waals surface area (Å²) in [4.78, 5) is 0.353.